The van der Waals surface area contributed by atoms with Crippen LogP contribution in [-0.4, -0.2) is 16.8 Å². The standard InChI is InChI=1S/C10H19NO2/c1-2-3-4-5-6-7-8-9(11)10(12)13/h11H,2-8H2,1H3,(H,12,13). The molecular weight excluding hydrogens is 166 g/mol. The molecule has 0 aromatic rings. The molecule has 0 saturated heterocycles. The van der Waals surface area contributed by atoms with Gasteiger partial charge in [0, 0.05) is 0 Å². The Kier molecular flexibility index (Phi) is 7.26. The molecule has 0 fully saturated rings. The third-order valence-electron chi connectivity index (χ3n) is 2.04. The molecule has 0 aliphatic carbocycles. The Bertz CT molecular complexity index is 166. The maximum absolute atomic E-state index is 10.2. The molecule has 13 heavy (non-hydrogen) atoms. The average molecular weight is 185 g/mol. The van der Waals surface area contributed by atoms with Gasteiger partial charge in [0.25, 0.3) is 0 Å². The number of unbranched alkanes of at least 4 members (excludes halogenated alkanes) is 5. The minimum absolute atomic E-state index is 0.157. The largest absolute Gasteiger partial charge is 0.477 e. The Balaban J connectivity index is 3.16. The molecule has 3 nitrogen and oxygen atoms in total. The van der Waals surface area contributed by atoms with Gasteiger partial charge in [-0.25, -0.2) is 4.79 Å². The summed E-state index contributed by atoms with van der Waals surface area (Å²) in [5.74, 6) is -1.08. The van der Waals surface area contributed by atoms with E-state index in [0.717, 1.165) is 12.8 Å². The lowest BCUT2D eigenvalue weighted by Gasteiger charge is -1.99. The molecule has 0 aromatic carbocycles. The van der Waals surface area contributed by atoms with Gasteiger partial charge >= 0.3 is 5.97 Å². The molecule has 0 aromatic heterocycles. The monoisotopic (exact) mass is 185 g/mol. The lowest BCUT2D eigenvalue weighted by atomic mass is 10.1. The Morgan fingerprint density at radius 2 is 1.69 bits per heavy atom. The summed E-state index contributed by atoms with van der Waals surface area (Å²) in [7, 11) is 0. The number of hydrogen-bond acceptors (Lipinski definition) is 2. The van der Waals surface area contributed by atoms with E-state index in [0.29, 0.717) is 6.42 Å². The first-order valence-corrected chi connectivity index (χ1v) is 4.99. The molecule has 0 bridgehead atoms. The first-order valence-electron chi connectivity index (χ1n) is 4.99. The van der Waals surface area contributed by atoms with Crippen molar-refractivity contribution in [2.45, 2.75) is 51.9 Å². The fourth-order valence-electron chi connectivity index (χ4n) is 1.19. The number of carboxylic acid groups (broad SMARTS) is 1. The molecule has 0 saturated carbocycles. The van der Waals surface area contributed by atoms with E-state index in [9.17, 15) is 4.79 Å². The van der Waals surface area contributed by atoms with Gasteiger partial charge in [0.2, 0.25) is 0 Å². The van der Waals surface area contributed by atoms with Gasteiger partial charge in [-0.2, -0.15) is 0 Å². The van der Waals surface area contributed by atoms with Crippen molar-refractivity contribution in [3.63, 3.8) is 0 Å². The summed E-state index contributed by atoms with van der Waals surface area (Å²) in [6.07, 6.45) is 7.20. The summed E-state index contributed by atoms with van der Waals surface area (Å²) in [6.45, 7) is 2.17. The fourth-order valence-corrected chi connectivity index (χ4v) is 1.19. The second kappa shape index (κ2) is 7.77. The van der Waals surface area contributed by atoms with Crippen molar-refractivity contribution in [2.75, 3.05) is 0 Å². The highest BCUT2D eigenvalue weighted by Gasteiger charge is 2.04. The number of aliphatic carboxylic acids is 1. The third-order valence-corrected chi connectivity index (χ3v) is 2.04. The second-order valence-corrected chi connectivity index (χ2v) is 3.30. The molecule has 0 aliphatic rings. The van der Waals surface area contributed by atoms with Gasteiger partial charge in [0.05, 0.1) is 0 Å². The number of carboxylic acids is 1. The van der Waals surface area contributed by atoms with E-state index in [1.54, 1.807) is 0 Å². The Labute approximate surface area is 79.7 Å². The predicted molar refractivity (Wildman–Crippen MR) is 53.4 cm³/mol. The van der Waals surface area contributed by atoms with Gasteiger partial charge in [-0.1, -0.05) is 39.0 Å². The number of rotatable bonds is 8. The van der Waals surface area contributed by atoms with E-state index in [4.69, 9.17) is 10.5 Å². The molecule has 0 atom stereocenters. The van der Waals surface area contributed by atoms with E-state index in [1.165, 1.54) is 25.7 Å². The highest BCUT2D eigenvalue weighted by molar-refractivity contribution is 6.34. The van der Waals surface area contributed by atoms with Crippen molar-refractivity contribution in [3.05, 3.63) is 0 Å². The quantitative estimate of drug-likeness (QED) is 0.451. The smallest absolute Gasteiger partial charge is 0.349 e. The van der Waals surface area contributed by atoms with Crippen LogP contribution in [0.3, 0.4) is 0 Å². The minimum atomic E-state index is -1.08. The van der Waals surface area contributed by atoms with Crippen molar-refractivity contribution in [1.82, 2.24) is 0 Å². The summed E-state index contributed by atoms with van der Waals surface area (Å²) >= 11 is 0. The zero-order valence-electron chi connectivity index (χ0n) is 8.31. The third kappa shape index (κ3) is 7.50. The molecule has 0 radical (unpaired) electrons. The molecule has 0 aliphatic heterocycles. The molecular formula is C10H19NO2. The van der Waals surface area contributed by atoms with E-state index in [2.05, 4.69) is 6.92 Å². The van der Waals surface area contributed by atoms with E-state index in [-0.39, 0.29) is 5.71 Å². The molecule has 2 N–H and O–H groups in total. The van der Waals surface area contributed by atoms with Crippen LogP contribution >= 0.6 is 0 Å². The normalized spacial score (nSPS) is 9.92. The zero-order chi connectivity index (χ0) is 10.1. The summed E-state index contributed by atoms with van der Waals surface area (Å²) in [6, 6.07) is 0. The topological polar surface area (TPSA) is 61.2 Å². The van der Waals surface area contributed by atoms with E-state index >= 15 is 0 Å². The van der Waals surface area contributed by atoms with Crippen molar-refractivity contribution in [1.29, 1.82) is 5.41 Å². The Hall–Kier alpha value is -0.860. The van der Waals surface area contributed by atoms with Gasteiger partial charge < -0.3 is 5.11 Å². The summed E-state index contributed by atoms with van der Waals surface area (Å²) < 4.78 is 0. The van der Waals surface area contributed by atoms with Gasteiger partial charge in [0.15, 0.2) is 0 Å². The SMILES string of the molecule is CCCCCCCCC(=N)C(=O)O. The van der Waals surface area contributed by atoms with Gasteiger partial charge in [-0.15, -0.1) is 0 Å². The van der Waals surface area contributed by atoms with Gasteiger partial charge in [-0.3, -0.25) is 5.41 Å². The molecule has 76 valence electrons. The van der Waals surface area contributed by atoms with Crippen molar-refractivity contribution in [2.24, 2.45) is 0 Å². The lowest BCUT2D eigenvalue weighted by molar-refractivity contribution is -0.129. The van der Waals surface area contributed by atoms with Crippen LogP contribution in [0.2, 0.25) is 0 Å². The Morgan fingerprint density at radius 1 is 1.15 bits per heavy atom. The molecule has 3 heteroatoms. The number of hydrogen-bond donors (Lipinski definition) is 2. The van der Waals surface area contributed by atoms with Gasteiger partial charge in [0.1, 0.15) is 5.71 Å². The van der Waals surface area contributed by atoms with Crippen LogP contribution in [-0.2, 0) is 4.79 Å². The minimum Gasteiger partial charge on any atom is -0.477 e. The van der Waals surface area contributed by atoms with E-state index in [1.807, 2.05) is 0 Å². The average Bonchev–Trinajstić information content (AvgIpc) is 2.10. The zero-order valence-corrected chi connectivity index (χ0v) is 8.31. The first-order chi connectivity index (χ1) is 6.18. The fraction of sp³-hybridized carbons (Fsp3) is 0.800. The van der Waals surface area contributed by atoms with Crippen molar-refractivity contribution in [3.8, 4) is 0 Å². The second-order valence-electron chi connectivity index (χ2n) is 3.30. The van der Waals surface area contributed by atoms with Crippen LogP contribution < -0.4 is 0 Å². The lowest BCUT2D eigenvalue weighted by Crippen LogP contribution is -2.10. The van der Waals surface area contributed by atoms with Crippen molar-refractivity contribution >= 4 is 11.7 Å². The highest BCUT2D eigenvalue weighted by atomic mass is 16.4. The molecule has 0 rings (SSSR count). The molecule has 0 heterocycles. The molecule has 0 spiro atoms. The highest BCUT2D eigenvalue weighted by Crippen LogP contribution is 2.07. The molecule has 0 unspecified atom stereocenters. The maximum Gasteiger partial charge on any atom is 0.349 e. The number of carbonyl (C=O) groups is 1. The van der Waals surface area contributed by atoms with Crippen LogP contribution in [0, 0.1) is 5.41 Å². The summed E-state index contributed by atoms with van der Waals surface area (Å²) in [5.41, 5.74) is -0.157. The van der Waals surface area contributed by atoms with Crippen LogP contribution in [0.5, 0.6) is 0 Å². The molecule has 0 amide bonds. The van der Waals surface area contributed by atoms with Crippen LogP contribution in [0.4, 0.5) is 0 Å². The van der Waals surface area contributed by atoms with Gasteiger partial charge in [-0.05, 0) is 12.8 Å². The first kappa shape index (κ1) is 12.1. The Morgan fingerprint density at radius 3 is 2.23 bits per heavy atom. The summed E-state index contributed by atoms with van der Waals surface area (Å²) in [5, 5.41) is 15.5. The van der Waals surface area contributed by atoms with Crippen LogP contribution in [0.1, 0.15) is 51.9 Å². The number of nitrogens with one attached hydrogen (secondary N) is 1. The van der Waals surface area contributed by atoms with Crippen molar-refractivity contribution < 1.29 is 9.90 Å². The van der Waals surface area contributed by atoms with E-state index < -0.39 is 5.97 Å². The van der Waals surface area contributed by atoms with Crippen LogP contribution in [0.25, 0.3) is 0 Å². The predicted octanol–water partition coefficient (Wildman–Crippen LogP) is 2.84. The maximum atomic E-state index is 10.2. The summed E-state index contributed by atoms with van der Waals surface area (Å²) in [4.78, 5) is 10.2. The van der Waals surface area contributed by atoms with Crippen LogP contribution in [0.15, 0.2) is 0 Å².